The van der Waals surface area contributed by atoms with E-state index < -0.39 is 46.0 Å². The van der Waals surface area contributed by atoms with E-state index in [1.165, 1.54) is 49.9 Å². The van der Waals surface area contributed by atoms with Gasteiger partial charge in [0, 0.05) is 5.56 Å². The molecule has 0 fully saturated rings. The molecule has 0 spiro atoms. The summed E-state index contributed by atoms with van der Waals surface area (Å²) in [5.74, 6) is -4.30. The number of benzene rings is 3. The van der Waals surface area contributed by atoms with Crippen LogP contribution >= 0.6 is 0 Å². The summed E-state index contributed by atoms with van der Waals surface area (Å²) < 4.78 is 90.6. The molecule has 0 atom stereocenters. The summed E-state index contributed by atoms with van der Waals surface area (Å²) in [4.78, 5) is 0. The lowest BCUT2D eigenvalue weighted by molar-refractivity contribution is 0.304. The van der Waals surface area contributed by atoms with Gasteiger partial charge in [-0.25, -0.2) is 26.3 Å². The Bertz CT molecular complexity index is 1210. The second-order valence-electron chi connectivity index (χ2n) is 8.38. The molecule has 190 valence electrons. The fraction of sp³-hybridized carbons (Fsp3) is 0.310. The van der Waals surface area contributed by atoms with E-state index >= 15 is 0 Å². The quantitative estimate of drug-likeness (QED) is 0.116. The summed E-state index contributed by atoms with van der Waals surface area (Å²) in [7, 11) is 0. The zero-order valence-corrected chi connectivity index (χ0v) is 19.9. The minimum atomic E-state index is -1.68. The van der Waals surface area contributed by atoms with Crippen molar-refractivity contribution in [3.05, 3.63) is 88.5 Å². The summed E-state index contributed by atoms with van der Waals surface area (Å²) in [5, 5.41) is 0. The summed E-state index contributed by atoms with van der Waals surface area (Å²) in [6.45, 7) is 2.66. The van der Waals surface area contributed by atoms with E-state index in [0.717, 1.165) is 31.4 Å². The molecule has 0 aliphatic carbocycles. The molecule has 0 aromatic heterocycles. The lowest BCUT2D eigenvalue weighted by Crippen LogP contribution is -2.04. The maximum absolute atomic E-state index is 14.7. The fourth-order valence-electron chi connectivity index (χ4n) is 3.67. The summed E-state index contributed by atoms with van der Waals surface area (Å²) in [6, 6.07) is 8.12. The molecule has 0 saturated carbocycles. The predicted molar refractivity (Wildman–Crippen MR) is 128 cm³/mol. The van der Waals surface area contributed by atoms with Gasteiger partial charge in [0.2, 0.25) is 0 Å². The highest BCUT2D eigenvalue weighted by Gasteiger charge is 2.25. The van der Waals surface area contributed by atoms with Gasteiger partial charge in [-0.3, -0.25) is 0 Å². The van der Waals surface area contributed by atoms with Crippen molar-refractivity contribution in [2.24, 2.45) is 0 Å². The van der Waals surface area contributed by atoms with Gasteiger partial charge in [-0.15, -0.1) is 0 Å². The van der Waals surface area contributed by atoms with Crippen LogP contribution in [0.5, 0.6) is 5.75 Å². The molecule has 36 heavy (non-hydrogen) atoms. The maximum atomic E-state index is 14.7. The third-order valence-corrected chi connectivity index (χ3v) is 5.67. The van der Waals surface area contributed by atoms with Crippen molar-refractivity contribution in [2.45, 2.75) is 51.9 Å². The van der Waals surface area contributed by atoms with Crippen LogP contribution in [-0.2, 0) is 0 Å². The highest BCUT2D eigenvalue weighted by atomic mass is 19.2. The first kappa shape index (κ1) is 27.2. The minimum Gasteiger partial charge on any atom is -0.494 e. The second kappa shape index (κ2) is 13.1. The molecule has 0 unspecified atom stereocenters. The number of halogens is 6. The second-order valence-corrected chi connectivity index (χ2v) is 8.38. The van der Waals surface area contributed by atoms with Gasteiger partial charge in [0.05, 0.1) is 12.2 Å². The van der Waals surface area contributed by atoms with Gasteiger partial charge in [-0.05, 0) is 42.3 Å². The smallest absolute Gasteiger partial charge is 0.178 e. The molecule has 0 aliphatic rings. The highest BCUT2D eigenvalue weighted by Crippen LogP contribution is 2.33. The molecule has 0 amide bonds. The van der Waals surface area contributed by atoms with Gasteiger partial charge >= 0.3 is 0 Å². The van der Waals surface area contributed by atoms with Crippen LogP contribution in [0, 0.1) is 46.7 Å². The summed E-state index contributed by atoms with van der Waals surface area (Å²) >= 11 is 0. The molecule has 0 bridgehead atoms. The molecule has 3 aromatic rings. The Morgan fingerprint density at radius 1 is 0.639 bits per heavy atom. The first-order valence-corrected chi connectivity index (χ1v) is 11.9. The highest BCUT2D eigenvalue weighted by molar-refractivity contribution is 5.67. The fourth-order valence-corrected chi connectivity index (χ4v) is 3.67. The molecule has 0 aliphatic heterocycles. The zero-order chi connectivity index (χ0) is 26.1. The van der Waals surface area contributed by atoms with Crippen molar-refractivity contribution < 1.29 is 31.1 Å². The van der Waals surface area contributed by atoms with Gasteiger partial charge in [-0.1, -0.05) is 69.4 Å². The molecule has 3 aromatic carbocycles. The lowest BCUT2D eigenvalue weighted by Gasteiger charge is -2.11. The number of hydrogen-bond acceptors (Lipinski definition) is 1. The maximum Gasteiger partial charge on any atom is 0.178 e. The van der Waals surface area contributed by atoms with Crippen molar-refractivity contribution in [3.63, 3.8) is 0 Å². The standard InChI is InChI=1S/C29H26F6O/c1-2-3-4-5-6-7-8-17-36-21-13-11-20(12-14-21)25-28(34)26(32)22(27(33)29(25)35)15-9-19-10-16-23(30)24(31)18-19/h10-14,16,18H,2-8,17H2,1H3. The number of unbranched alkanes of at least 4 members (excludes halogenated alkanes) is 6. The van der Waals surface area contributed by atoms with Gasteiger partial charge in [0.1, 0.15) is 11.3 Å². The molecule has 0 saturated heterocycles. The van der Waals surface area contributed by atoms with Gasteiger partial charge in [-0.2, -0.15) is 0 Å². The molecule has 1 nitrogen and oxygen atoms in total. The van der Waals surface area contributed by atoms with Crippen LogP contribution in [-0.4, -0.2) is 6.61 Å². The molecule has 0 N–H and O–H groups in total. The first-order valence-electron chi connectivity index (χ1n) is 11.9. The van der Waals surface area contributed by atoms with E-state index in [9.17, 15) is 26.3 Å². The normalized spacial score (nSPS) is 10.8. The molecule has 7 heteroatoms. The lowest BCUT2D eigenvalue weighted by atomic mass is 10.0. The van der Waals surface area contributed by atoms with E-state index in [2.05, 4.69) is 12.8 Å². The van der Waals surface area contributed by atoms with Crippen LogP contribution in [0.25, 0.3) is 11.1 Å². The van der Waals surface area contributed by atoms with Crippen molar-refractivity contribution in [3.8, 4) is 28.7 Å². The van der Waals surface area contributed by atoms with Crippen LogP contribution in [0.2, 0.25) is 0 Å². The van der Waals surface area contributed by atoms with Crippen molar-refractivity contribution in [1.29, 1.82) is 0 Å². The Morgan fingerprint density at radius 2 is 1.25 bits per heavy atom. The average molecular weight is 505 g/mol. The number of rotatable bonds is 10. The first-order chi connectivity index (χ1) is 17.3. The van der Waals surface area contributed by atoms with Crippen LogP contribution < -0.4 is 4.74 Å². The van der Waals surface area contributed by atoms with E-state index in [4.69, 9.17) is 4.74 Å². The SMILES string of the molecule is CCCCCCCCCOc1ccc(-c2c(F)c(F)c(C#Cc3ccc(F)c(F)c3)c(F)c2F)cc1. The Morgan fingerprint density at radius 3 is 1.86 bits per heavy atom. The largest absolute Gasteiger partial charge is 0.494 e. The van der Waals surface area contributed by atoms with Gasteiger partial charge in [0.25, 0.3) is 0 Å². The minimum absolute atomic E-state index is 0.0776. The topological polar surface area (TPSA) is 9.23 Å². The zero-order valence-electron chi connectivity index (χ0n) is 19.9. The number of ether oxygens (including phenoxy) is 1. The van der Waals surface area contributed by atoms with Crippen LogP contribution in [0.3, 0.4) is 0 Å². The third kappa shape index (κ3) is 6.84. The van der Waals surface area contributed by atoms with Crippen LogP contribution in [0.15, 0.2) is 42.5 Å². The monoisotopic (exact) mass is 504 g/mol. The third-order valence-electron chi connectivity index (χ3n) is 5.67. The average Bonchev–Trinajstić information content (AvgIpc) is 2.87. The Balaban J connectivity index is 1.71. The molecular weight excluding hydrogens is 478 g/mol. The van der Waals surface area contributed by atoms with E-state index in [-0.39, 0.29) is 11.1 Å². The van der Waals surface area contributed by atoms with Crippen LogP contribution in [0.1, 0.15) is 63.0 Å². The van der Waals surface area contributed by atoms with E-state index in [0.29, 0.717) is 18.4 Å². The Kier molecular flexibility index (Phi) is 9.86. The van der Waals surface area contributed by atoms with Crippen molar-refractivity contribution in [2.75, 3.05) is 6.61 Å². The predicted octanol–water partition coefficient (Wildman–Crippen LogP) is 8.72. The van der Waals surface area contributed by atoms with Gasteiger partial charge in [0.15, 0.2) is 34.9 Å². The molecule has 3 rings (SSSR count). The van der Waals surface area contributed by atoms with E-state index in [1.807, 2.05) is 5.92 Å². The molecule has 0 radical (unpaired) electrons. The van der Waals surface area contributed by atoms with Crippen LogP contribution in [0.4, 0.5) is 26.3 Å². The summed E-state index contributed by atoms with van der Waals surface area (Å²) in [6.07, 6.45) is 7.92. The summed E-state index contributed by atoms with van der Waals surface area (Å²) in [5.41, 5.74) is -2.22. The van der Waals surface area contributed by atoms with Gasteiger partial charge < -0.3 is 4.74 Å². The number of hydrogen-bond donors (Lipinski definition) is 0. The Hall–Kier alpha value is -3.40. The van der Waals surface area contributed by atoms with E-state index in [1.54, 1.807) is 0 Å². The molecule has 0 heterocycles. The van der Waals surface area contributed by atoms with Crippen molar-refractivity contribution >= 4 is 0 Å². The molecular formula is C29H26F6O. The Labute approximate surface area is 207 Å². The van der Waals surface area contributed by atoms with Crippen molar-refractivity contribution in [1.82, 2.24) is 0 Å².